The maximum Gasteiger partial charge on any atom is 0.0224 e. The molecule has 0 bridgehead atoms. The van der Waals surface area contributed by atoms with Crippen molar-refractivity contribution >= 4 is 0 Å². The van der Waals surface area contributed by atoms with Crippen LogP contribution in [0.4, 0.5) is 0 Å². The van der Waals surface area contributed by atoms with Gasteiger partial charge in [-0.3, -0.25) is 9.80 Å². The van der Waals surface area contributed by atoms with Gasteiger partial charge in [0.25, 0.3) is 0 Å². The number of fused-ring (bicyclic) bond motifs is 1. The van der Waals surface area contributed by atoms with E-state index in [9.17, 15) is 0 Å². The topological polar surface area (TPSA) is 18.5 Å². The van der Waals surface area contributed by atoms with E-state index in [4.69, 9.17) is 0 Å². The van der Waals surface area contributed by atoms with Gasteiger partial charge in [-0.1, -0.05) is 6.92 Å². The second-order valence-corrected chi connectivity index (χ2v) is 6.33. The number of nitrogens with one attached hydrogen (secondary N) is 1. The summed E-state index contributed by atoms with van der Waals surface area (Å²) in [4.78, 5) is 5.53. The molecule has 0 amide bonds. The van der Waals surface area contributed by atoms with Crippen LogP contribution in [0.2, 0.25) is 0 Å². The van der Waals surface area contributed by atoms with Crippen molar-refractivity contribution in [2.24, 2.45) is 5.92 Å². The molecule has 0 radical (unpaired) electrons. The quantitative estimate of drug-likeness (QED) is 0.738. The normalized spacial score (nSPS) is 41.1. The Morgan fingerprint density at radius 3 is 2.65 bits per heavy atom. The van der Waals surface area contributed by atoms with Gasteiger partial charge in [0.05, 0.1) is 0 Å². The Bertz CT molecular complexity index is 256. The van der Waals surface area contributed by atoms with Gasteiger partial charge >= 0.3 is 0 Å². The van der Waals surface area contributed by atoms with Gasteiger partial charge in [0.15, 0.2) is 0 Å². The van der Waals surface area contributed by atoms with Gasteiger partial charge in [0.2, 0.25) is 0 Å². The van der Waals surface area contributed by atoms with Crippen LogP contribution >= 0.6 is 0 Å². The molecule has 3 heteroatoms. The number of rotatable bonds is 1. The maximum absolute atomic E-state index is 3.61. The van der Waals surface area contributed by atoms with E-state index >= 15 is 0 Å². The van der Waals surface area contributed by atoms with E-state index < -0.39 is 0 Å². The fourth-order valence-corrected chi connectivity index (χ4v) is 3.97. The average molecular weight is 237 g/mol. The second kappa shape index (κ2) is 5.25. The van der Waals surface area contributed by atoms with Crippen molar-refractivity contribution in [2.45, 2.75) is 44.7 Å². The highest BCUT2D eigenvalue weighted by Gasteiger charge is 2.32. The molecular formula is C14H27N3. The first-order valence-corrected chi connectivity index (χ1v) is 7.52. The average Bonchev–Trinajstić information content (AvgIpc) is 2.66. The van der Waals surface area contributed by atoms with Gasteiger partial charge in [-0.15, -0.1) is 0 Å². The highest BCUT2D eigenvalue weighted by Crippen LogP contribution is 2.24. The Balaban J connectivity index is 1.62. The predicted molar refractivity (Wildman–Crippen MR) is 71.2 cm³/mol. The van der Waals surface area contributed by atoms with Crippen molar-refractivity contribution in [1.29, 1.82) is 0 Å². The zero-order chi connectivity index (χ0) is 11.7. The van der Waals surface area contributed by atoms with E-state index in [-0.39, 0.29) is 0 Å². The minimum Gasteiger partial charge on any atom is -0.315 e. The molecule has 3 nitrogen and oxygen atoms in total. The molecule has 0 aromatic carbocycles. The summed E-state index contributed by atoms with van der Waals surface area (Å²) in [5.41, 5.74) is 0. The lowest BCUT2D eigenvalue weighted by Crippen LogP contribution is -2.50. The first kappa shape index (κ1) is 11.9. The summed E-state index contributed by atoms with van der Waals surface area (Å²) in [5.74, 6) is 0.858. The summed E-state index contributed by atoms with van der Waals surface area (Å²) in [6.07, 6.45) is 5.64. The van der Waals surface area contributed by atoms with Gasteiger partial charge in [-0.2, -0.15) is 0 Å². The van der Waals surface area contributed by atoms with E-state index in [2.05, 4.69) is 22.0 Å². The Kier molecular flexibility index (Phi) is 3.69. The molecule has 3 aliphatic rings. The minimum absolute atomic E-state index is 0.805. The molecule has 3 fully saturated rings. The van der Waals surface area contributed by atoms with Crippen LogP contribution in [0.5, 0.6) is 0 Å². The van der Waals surface area contributed by atoms with Crippen LogP contribution in [0.3, 0.4) is 0 Å². The Morgan fingerprint density at radius 2 is 1.76 bits per heavy atom. The van der Waals surface area contributed by atoms with Crippen molar-refractivity contribution in [3.8, 4) is 0 Å². The molecule has 1 N–H and O–H groups in total. The number of hydrogen-bond donors (Lipinski definition) is 1. The zero-order valence-electron chi connectivity index (χ0n) is 11.2. The van der Waals surface area contributed by atoms with Crippen molar-refractivity contribution in [2.75, 3.05) is 39.3 Å². The lowest BCUT2D eigenvalue weighted by atomic mass is 9.96. The molecular weight excluding hydrogens is 210 g/mol. The number of nitrogens with zero attached hydrogens (tertiary/aromatic N) is 2. The number of piperidine rings is 1. The third-order valence-corrected chi connectivity index (χ3v) is 4.90. The molecule has 0 spiro atoms. The zero-order valence-corrected chi connectivity index (χ0v) is 11.2. The highest BCUT2D eigenvalue weighted by molar-refractivity contribution is 4.89. The minimum atomic E-state index is 0.805. The van der Waals surface area contributed by atoms with Crippen LogP contribution in [0.15, 0.2) is 0 Å². The van der Waals surface area contributed by atoms with Crippen LogP contribution in [0, 0.1) is 5.92 Å². The van der Waals surface area contributed by atoms with Crippen LogP contribution in [0.1, 0.15) is 32.6 Å². The molecule has 3 rings (SSSR count). The molecule has 0 aromatic rings. The standard InChI is InChI=1S/C14H27N3/c1-12-8-14(10-15-9-12)17-7-3-6-16-5-2-4-13(16)11-17/h12-15H,2-11H2,1H3. The van der Waals surface area contributed by atoms with E-state index in [0.717, 1.165) is 18.0 Å². The van der Waals surface area contributed by atoms with Crippen molar-refractivity contribution < 1.29 is 0 Å². The Labute approximate surface area is 106 Å². The highest BCUT2D eigenvalue weighted by atomic mass is 15.3. The summed E-state index contributed by atoms with van der Waals surface area (Å²) >= 11 is 0. The first-order valence-electron chi connectivity index (χ1n) is 7.52. The molecule has 98 valence electrons. The van der Waals surface area contributed by atoms with E-state index in [1.165, 1.54) is 65.0 Å². The van der Waals surface area contributed by atoms with Crippen molar-refractivity contribution in [3.05, 3.63) is 0 Å². The van der Waals surface area contributed by atoms with Crippen LogP contribution in [0.25, 0.3) is 0 Å². The molecule has 3 saturated heterocycles. The lowest BCUT2D eigenvalue weighted by Gasteiger charge is -2.37. The third kappa shape index (κ3) is 2.67. The van der Waals surface area contributed by atoms with Crippen molar-refractivity contribution in [1.82, 2.24) is 15.1 Å². The smallest absolute Gasteiger partial charge is 0.0224 e. The number of hydrogen-bond acceptors (Lipinski definition) is 3. The molecule has 3 aliphatic heterocycles. The van der Waals surface area contributed by atoms with Crippen molar-refractivity contribution in [3.63, 3.8) is 0 Å². The van der Waals surface area contributed by atoms with Gasteiger partial charge in [0.1, 0.15) is 0 Å². The summed E-state index contributed by atoms with van der Waals surface area (Å²) < 4.78 is 0. The SMILES string of the molecule is CC1CNCC(N2CCCN3CCCC3C2)C1. The summed E-state index contributed by atoms with van der Waals surface area (Å²) in [6, 6.07) is 1.68. The summed E-state index contributed by atoms with van der Waals surface area (Å²) in [7, 11) is 0. The van der Waals surface area contributed by atoms with E-state index in [1.807, 2.05) is 0 Å². The van der Waals surface area contributed by atoms with Gasteiger partial charge in [-0.25, -0.2) is 0 Å². The molecule has 0 aliphatic carbocycles. The Hall–Kier alpha value is -0.120. The molecule has 3 unspecified atom stereocenters. The summed E-state index contributed by atoms with van der Waals surface area (Å²) in [5, 5.41) is 3.61. The Morgan fingerprint density at radius 1 is 0.941 bits per heavy atom. The molecule has 3 heterocycles. The largest absolute Gasteiger partial charge is 0.315 e. The molecule has 0 aromatic heterocycles. The fourth-order valence-electron chi connectivity index (χ4n) is 3.97. The summed E-state index contributed by atoms with van der Waals surface area (Å²) in [6.45, 7) is 10.2. The third-order valence-electron chi connectivity index (χ3n) is 4.90. The van der Waals surface area contributed by atoms with E-state index in [0.29, 0.717) is 0 Å². The molecule has 0 saturated carbocycles. The second-order valence-electron chi connectivity index (χ2n) is 6.33. The van der Waals surface area contributed by atoms with Crippen LogP contribution < -0.4 is 5.32 Å². The van der Waals surface area contributed by atoms with Crippen LogP contribution in [-0.4, -0.2) is 61.2 Å². The fraction of sp³-hybridized carbons (Fsp3) is 1.00. The molecule has 17 heavy (non-hydrogen) atoms. The lowest BCUT2D eigenvalue weighted by molar-refractivity contribution is 0.133. The first-order chi connectivity index (χ1) is 8.33. The van der Waals surface area contributed by atoms with Gasteiger partial charge in [0, 0.05) is 25.2 Å². The van der Waals surface area contributed by atoms with E-state index in [1.54, 1.807) is 0 Å². The van der Waals surface area contributed by atoms with Gasteiger partial charge in [-0.05, 0) is 57.8 Å². The maximum atomic E-state index is 3.61. The van der Waals surface area contributed by atoms with Crippen LogP contribution in [-0.2, 0) is 0 Å². The molecule has 3 atom stereocenters. The monoisotopic (exact) mass is 237 g/mol. The predicted octanol–water partition coefficient (Wildman–Crippen LogP) is 1.15. The van der Waals surface area contributed by atoms with Gasteiger partial charge < -0.3 is 5.32 Å².